The molecule has 0 aliphatic heterocycles. The fraction of sp³-hybridized carbons (Fsp3) is 0.462. The molecule has 0 saturated carbocycles. The Morgan fingerprint density at radius 1 is 1.33 bits per heavy atom. The monoisotopic (exact) mass is 254 g/mol. The van der Waals surface area contributed by atoms with Crippen molar-refractivity contribution in [3.63, 3.8) is 0 Å². The summed E-state index contributed by atoms with van der Waals surface area (Å²) in [6, 6.07) is 6.04. The van der Waals surface area contributed by atoms with Gasteiger partial charge in [-0.15, -0.1) is 0 Å². The van der Waals surface area contributed by atoms with E-state index < -0.39 is 11.7 Å². The van der Waals surface area contributed by atoms with Crippen LogP contribution >= 0.6 is 0 Å². The molecule has 5 heteroatoms. The number of amides is 1. The van der Waals surface area contributed by atoms with Crippen molar-refractivity contribution >= 4 is 6.09 Å². The molecular weight excluding hydrogens is 235 g/mol. The fourth-order valence-corrected chi connectivity index (χ4v) is 1.37. The Balaban J connectivity index is 2.49. The first-order chi connectivity index (χ1) is 8.29. The molecule has 18 heavy (non-hydrogen) atoms. The van der Waals surface area contributed by atoms with E-state index in [1.165, 1.54) is 6.07 Å². The maximum atomic E-state index is 13.5. The van der Waals surface area contributed by atoms with Crippen LogP contribution in [0.1, 0.15) is 39.3 Å². The van der Waals surface area contributed by atoms with E-state index in [0.717, 1.165) is 0 Å². The Morgan fingerprint density at radius 2 is 1.94 bits per heavy atom. The third-order valence-electron chi connectivity index (χ3n) is 2.16. The Bertz CT molecular complexity index is 416. The quantitative estimate of drug-likeness (QED) is 0.815. The number of carbonyl (C=O) groups is 1. The number of carbonyl (C=O) groups excluding carboxylic acids is 1. The van der Waals surface area contributed by atoms with Crippen molar-refractivity contribution < 1.29 is 13.9 Å². The van der Waals surface area contributed by atoms with Crippen molar-refractivity contribution in [2.24, 2.45) is 0 Å². The fourth-order valence-electron chi connectivity index (χ4n) is 1.37. The SMILES string of the molecule is CC(NNC(=O)OC(C)(C)C)c1ccccc1F. The molecule has 0 aliphatic rings. The molecular formula is C13H19FN2O2. The lowest BCUT2D eigenvalue weighted by atomic mass is 10.1. The molecule has 1 aromatic rings. The van der Waals surface area contributed by atoms with Crippen LogP contribution in [-0.4, -0.2) is 11.7 Å². The largest absolute Gasteiger partial charge is 0.443 e. The summed E-state index contributed by atoms with van der Waals surface area (Å²) in [6.45, 7) is 7.06. The number of hydrazine groups is 1. The van der Waals surface area contributed by atoms with Gasteiger partial charge >= 0.3 is 6.09 Å². The molecule has 0 radical (unpaired) electrons. The van der Waals surface area contributed by atoms with Gasteiger partial charge in [0.2, 0.25) is 0 Å². The van der Waals surface area contributed by atoms with Gasteiger partial charge in [-0.2, -0.15) is 0 Å². The van der Waals surface area contributed by atoms with Crippen molar-refractivity contribution in [2.45, 2.75) is 39.3 Å². The molecule has 0 spiro atoms. The number of rotatable bonds is 3. The zero-order chi connectivity index (χ0) is 13.8. The summed E-state index contributed by atoms with van der Waals surface area (Å²) in [5.74, 6) is -0.316. The minimum absolute atomic E-state index is 0.316. The van der Waals surface area contributed by atoms with Gasteiger partial charge in [0.15, 0.2) is 0 Å². The van der Waals surface area contributed by atoms with Crippen LogP contribution in [0.5, 0.6) is 0 Å². The number of hydrogen-bond donors (Lipinski definition) is 2. The predicted molar refractivity (Wildman–Crippen MR) is 67.3 cm³/mol. The van der Waals surface area contributed by atoms with Crippen LogP contribution in [0.15, 0.2) is 24.3 Å². The van der Waals surface area contributed by atoms with E-state index in [1.807, 2.05) is 0 Å². The van der Waals surface area contributed by atoms with E-state index in [1.54, 1.807) is 45.9 Å². The highest BCUT2D eigenvalue weighted by Crippen LogP contribution is 2.15. The molecule has 0 aliphatic carbocycles. The van der Waals surface area contributed by atoms with Crippen molar-refractivity contribution in [1.82, 2.24) is 10.9 Å². The summed E-state index contributed by atoms with van der Waals surface area (Å²) in [7, 11) is 0. The number of ether oxygens (including phenoxy) is 1. The third kappa shape index (κ3) is 4.71. The highest BCUT2D eigenvalue weighted by Gasteiger charge is 2.17. The average Bonchev–Trinajstić information content (AvgIpc) is 2.24. The minimum Gasteiger partial charge on any atom is -0.443 e. The first kappa shape index (κ1) is 14.4. The van der Waals surface area contributed by atoms with Crippen LogP contribution in [0, 0.1) is 5.82 Å². The van der Waals surface area contributed by atoms with Crippen LogP contribution in [-0.2, 0) is 4.74 Å². The van der Waals surface area contributed by atoms with Crippen LogP contribution in [0.4, 0.5) is 9.18 Å². The highest BCUT2D eigenvalue weighted by atomic mass is 19.1. The molecule has 1 rings (SSSR count). The molecule has 0 bridgehead atoms. The number of benzene rings is 1. The lowest BCUT2D eigenvalue weighted by Gasteiger charge is -2.21. The summed E-state index contributed by atoms with van der Waals surface area (Å²) in [5.41, 5.74) is 5.00. The van der Waals surface area contributed by atoms with Crippen molar-refractivity contribution in [1.29, 1.82) is 0 Å². The second-order valence-electron chi connectivity index (χ2n) is 5.01. The second-order valence-corrected chi connectivity index (χ2v) is 5.01. The maximum absolute atomic E-state index is 13.5. The maximum Gasteiger partial charge on any atom is 0.422 e. The Kier molecular flexibility index (Phi) is 4.67. The van der Waals surface area contributed by atoms with Gasteiger partial charge in [-0.1, -0.05) is 18.2 Å². The first-order valence-corrected chi connectivity index (χ1v) is 5.78. The Hall–Kier alpha value is -1.62. The summed E-state index contributed by atoms with van der Waals surface area (Å²) < 4.78 is 18.5. The molecule has 1 aromatic carbocycles. The number of hydrogen-bond acceptors (Lipinski definition) is 3. The van der Waals surface area contributed by atoms with E-state index in [2.05, 4.69) is 10.9 Å². The minimum atomic E-state index is -0.592. The lowest BCUT2D eigenvalue weighted by Crippen LogP contribution is -2.42. The second kappa shape index (κ2) is 5.82. The zero-order valence-corrected chi connectivity index (χ0v) is 11.1. The number of nitrogens with one attached hydrogen (secondary N) is 2. The topological polar surface area (TPSA) is 50.4 Å². The van der Waals surface area contributed by atoms with Crippen LogP contribution in [0.25, 0.3) is 0 Å². The van der Waals surface area contributed by atoms with E-state index in [4.69, 9.17) is 4.74 Å². The van der Waals surface area contributed by atoms with Crippen LogP contribution in [0.3, 0.4) is 0 Å². The third-order valence-corrected chi connectivity index (χ3v) is 2.16. The molecule has 1 atom stereocenters. The summed E-state index contributed by atoms with van der Waals surface area (Å²) >= 11 is 0. The molecule has 2 N–H and O–H groups in total. The van der Waals surface area contributed by atoms with Crippen molar-refractivity contribution in [3.8, 4) is 0 Å². The standard InChI is InChI=1S/C13H19FN2O2/c1-9(10-7-5-6-8-11(10)14)15-16-12(17)18-13(2,3)4/h5-9,15H,1-4H3,(H,16,17). The van der Waals surface area contributed by atoms with Gasteiger partial charge in [-0.05, 0) is 33.8 Å². The summed E-state index contributed by atoms with van der Waals surface area (Å²) in [6.07, 6.45) is -0.592. The van der Waals surface area contributed by atoms with Gasteiger partial charge in [0.05, 0.1) is 6.04 Å². The van der Waals surface area contributed by atoms with Gasteiger partial charge in [-0.25, -0.2) is 14.6 Å². The van der Waals surface area contributed by atoms with E-state index >= 15 is 0 Å². The number of halogens is 1. The first-order valence-electron chi connectivity index (χ1n) is 5.78. The smallest absolute Gasteiger partial charge is 0.422 e. The molecule has 0 heterocycles. The normalized spacial score (nSPS) is 12.9. The molecule has 100 valence electrons. The molecule has 0 saturated heterocycles. The van der Waals surface area contributed by atoms with Crippen molar-refractivity contribution in [3.05, 3.63) is 35.6 Å². The predicted octanol–water partition coefficient (Wildman–Crippen LogP) is 2.92. The van der Waals surface area contributed by atoms with Crippen LogP contribution in [0.2, 0.25) is 0 Å². The van der Waals surface area contributed by atoms with E-state index in [9.17, 15) is 9.18 Å². The molecule has 1 unspecified atom stereocenters. The molecule has 1 amide bonds. The van der Waals surface area contributed by atoms with Gasteiger partial charge in [-0.3, -0.25) is 5.43 Å². The summed E-state index contributed by atoms with van der Waals surface area (Å²) in [4.78, 5) is 11.4. The molecule has 4 nitrogen and oxygen atoms in total. The van der Waals surface area contributed by atoms with Gasteiger partial charge in [0, 0.05) is 5.56 Å². The van der Waals surface area contributed by atoms with Gasteiger partial charge in [0.1, 0.15) is 11.4 Å². The highest BCUT2D eigenvalue weighted by molar-refractivity contribution is 5.67. The van der Waals surface area contributed by atoms with Gasteiger partial charge < -0.3 is 4.74 Å². The Morgan fingerprint density at radius 3 is 2.50 bits per heavy atom. The molecule has 0 fully saturated rings. The Labute approximate surface area is 106 Å². The van der Waals surface area contributed by atoms with E-state index in [-0.39, 0.29) is 11.9 Å². The average molecular weight is 254 g/mol. The van der Waals surface area contributed by atoms with Crippen LogP contribution < -0.4 is 10.9 Å². The lowest BCUT2D eigenvalue weighted by molar-refractivity contribution is 0.0489. The summed E-state index contributed by atoms with van der Waals surface area (Å²) in [5, 5.41) is 0. The van der Waals surface area contributed by atoms with Crippen molar-refractivity contribution in [2.75, 3.05) is 0 Å². The molecule has 0 aromatic heterocycles. The van der Waals surface area contributed by atoms with E-state index in [0.29, 0.717) is 5.56 Å². The zero-order valence-electron chi connectivity index (χ0n) is 11.1. The van der Waals surface area contributed by atoms with Gasteiger partial charge in [0.25, 0.3) is 0 Å².